The van der Waals surface area contributed by atoms with Crippen molar-refractivity contribution in [1.29, 1.82) is 0 Å². The molecule has 1 aliphatic rings. The summed E-state index contributed by atoms with van der Waals surface area (Å²) in [5.41, 5.74) is 4.08. The van der Waals surface area contributed by atoms with Gasteiger partial charge in [0, 0.05) is 12.2 Å². The van der Waals surface area contributed by atoms with Gasteiger partial charge >= 0.3 is 5.97 Å². The maximum Gasteiger partial charge on any atom is 0.307 e. The molecule has 0 amide bonds. The van der Waals surface area contributed by atoms with E-state index < -0.39 is 0 Å². The third-order valence-corrected chi connectivity index (χ3v) is 3.27. The lowest BCUT2D eigenvalue weighted by Crippen LogP contribution is -2.12. The predicted octanol–water partition coefficient (Wildman–Crippen LogP) is 2.54. The van der Waals surface area contributed by atoms with E-state index in [1.165, 1.54) is 43.2 Å². The summed E-state index contributed by atoms with van der Waals surface area (Å²) in [4.78, 5) is 11.0. The molecule has 3 heteroatoms. The van der Waals surface area contributed by atoms with Crippen LogP contribution in [0.3, 0.4) is 0 Å². The second-order valence-electron chi connectivity index (χ2n) is 4.40. The number of hydrogen-bond acceptors (Lipinski definition) is 3. The zero-order valence-corrected chi connectivity index (χ0v) is 10.3. The summed E-state index contributed by atoms with van der Waals surface area (Å²) in [6.07, 6.45) is 5.31. The summed E-state index contributed by atoms with van der Waals surface area (Å²) in [5, 5.41) is 3.34. The summed E-state index contributed by atoms with van der Waals surface area (Å²) in [6.45, 7) is 0.642. The van der Waals surface area contributed by atoms with Crippen LogP contribution in [0.4, 0.5) is 5.69 Å². The van der Waals surface area contributed by atoms with Crippen molar-refractivity contribution in [3.8, 4) is 0 Å². The van der Waals surface area contributed by atoms with Crippen LogP contribution in [-0.2, 0) is 22.4 Å². The molecule has 0 atom stereocenters. The van der Waals surface area contributed by atoms with Crippen LogP contribution in [0.1, 0.15) is 30.4 Å². The van der Waals surface area contributed by atoms with E-state index >= 15 is 0 Å². The molecule has 0 radical (unpaired) electrons. The van der Waals surface area contributed by atoms with E-state index in [0.717, 1.165) is 6.42 Å². The fraction of sp³-hybridized carbons (Fsp3) is 0.500. The normalized spacial score (nSPS) is 13.9. The Morgan fingerprint density at radius 1 is 1.35 bits per heavy atom. The molecule has 0 saturated carbocycles. The average molecular weight is 233 g/mol. The maximum atomic E-state index is 11.0. The Balaban J connectivity index is 1.98. The Kier molecular flexibility index (Phi) is 4.02. The molecule has 2 rings (SSSR count). The number of anilines is 1. The van der Waals surface area contributed by atoms with Gasteiger partial charge in [-0.15, -0.1) is 0 Å². The number of aryl methyl sites for hydroxylation is 1. The number of hydrogen-bond donors (Lipinski definition) is 1. The van der Waals surface area contributed by atoms with Crippen LogP contribution >= 0.6 is 0 Å². The molecule has 0 unspecified atom stereocenters. The first-order valence-electron chi connectivity index (χ1n) is 6.22. The van der Waals surface area contributed by atoms with E-state index in [2.05, 4.69) is 28.3 Å². The van der Waals surface area contributed by atoms with E-state index in [1.54, 1.807) is 0 Å². The highest BCUT2D eigenvalue weighted by Crippen LogP contribution is 2.27. The van der Waals surface area contributed by atoms with Gasteiger partial charge in [-0.3, -0.25) is 4.79 Å². The SMILES string of the molecule is COC(=O)CCNc1cccc2c1CCCC2. The summed E-state index contributed by atoms with van der Waals surface area (Å²) < 4.78 is 4.62. The highest BCUT2D eigenvalue weighted by molar-refractivity contribution is 5.70. The molecule has 0 bridgehead atoms. The lowest BCUT2D eigenvalue weighted by molar-refractivity contribution is -0.140. The van der Waals surface area contributed by atoms with Gasteiger partial charge in [-0.25, -0.2) is 0 Å². The lowest BCUT2D eigenvalue weighted by atomic mass is 9.90. The number of rotatable bonds is 4. The van der Waals surface area contributed by atoms with Gasteiger partial charge in [0.1, 0.15) is 0 Å². The fourth-order valence-electron chi connectivity index (χ4n) is 2.35. The van der Waals surface area contributed by atoms with Gasteiger partial charge in [0.2, 0.25) is 0 Å². The molecule has 0 fully saturated rings. The maximum absolute atomic E-state index is 11.0. The first-order valence-corrected chi connectivity index (χ1v) is 6.22. The van der Waals surface area contributed by atoms with Gasteiger partial charge in [0.15, 0.2) is 0 Å². The molecular formula is C14H19NO2. The molecule has 17 heavy (non-hydrogen) atoms. The largest absolute Gasteiger partial charge is 0.469 e. The van der Waals surface area contributed by atoms with Gasteiger partial charge < -0.3 is 10.1 Å². The fourth-order valence-corrected chi connectivity index (χ4v) is 2.35. The standard InChI is InChI=1S/C14H19NO2/c1-17-14(16)9-10-15-13-8-4-6-11-5-2-3-7-12(11)13/h4,6,8,15H,2-3,5,7,9-10H2,1H3. The number of carbonyl (C=O) groups excluding carboxylic acids is 1. The summed E-state index contributed by atoms with van der Waals surface area (Å²) in [7, 11) is 1.42. The van der Waals surface area contributed by atoms with Crippen molar-refractivity contribution >= 4 is 11.7 Å². The third-order valence-electron chi connectivity index (χ3n) is 3.27. The van der Waals surface area contributed by atoms with Gasteiger partial charge in [-0.1, -0.05) is 12.1 Å². The highest BCUT2D eigenvalue weighted by atomic mass is 16.5. The van der Waals surface area contributed by atoms with Crippen molar-refractivity contribution in [2.45, 2.75) is 32.1 Å². The minimum Gasteiger partial charge on any atom is -0.469 e. The predicted molar refractivity (Wildman–Crippen MR) is 68.2 cm³/mol. The zero-order chi connectivity index (χ0) is 12.1. The van der Waals surface area contributed by atoms with Crippen LogP contribution < -0.4 is 5.32 Å². The van der Waals surface area contributed by atoms with Crippen molar-refractivity contribution in [3.05, 3.63) is 29.3 Å². The molecule has 0 spiro atoms. The van der Waals surface area contributed by atoms with Crippen LogP contribution in [0.25, 0.3) is 0 Å². The van der Waals surface area contributed by atoms with Crippen molar-refractivity contribution in [2.24, 2.45) is 0 Å². The van der Waals surface area contributed by atoms with E-state index in [0.29, 0.717) is 13.0 Å². The molecule has 1 aliphatic carbocycles. The number of carbonyl (C=O) groups is 1. The zero-order valence-electron chi connectivity index (χ0n) is 10.3. The molecule has 92 valence electrons. The average Bonchev–Trinajstić information content (AvgIpc) is 2.39. The number of ether oxygens (including phenoxy) is 1. The molecule has 3 nitrogen and oxygen atoms in total. The van der Waals surface area contributed by atoms with Crippen LogP contribution in [0.15, 0.2) is 18.2 Å². The summed E-state index contributed by atoms with van der Waals surface area (Å²) >= 11 is 0. The second-order valence-corrected chi connectivity index (χ2v) is 4.40. The first-order chi connectivity index (χ1) is 8.31. The van der Waals surface area contributed by atoms with Gasteiger partial charge in [0.25, 0.3) is 0 Å². The van der Waals surface area contributed by atoms with E-state index in [9.17, 15) is 4.79 Å². The number of benzene rings is 1. The number of esters is 1. The number of fused-ring (bicyclic) bond motifs is 1. The number of methoxy groups -OCH3 is 1. The summed E-state index contributed by atoms with van der Waals surface area (Å²) in [6, 6.07) is 6.39. The molecule has 0 aliphatic heterocycles. The Morgan fingerprint density at radius 3 is 3.00 bits per heavy atom. The van der Waals surface area contributed by atoms with Crippen LogP contribution in [0, 0.1) is 0 Å². The lowest BCUT2D eigenvalue weighted by Gasteiger charge is -2.19. The second kappa shape index (κ2) is 5.71. The van der Waals surface area contributed by atoms with Gasteiger partial charge in [-0.05, 0) is 42.9 Å². The highest BCUT2D eigenvalue weighted by Gasteiger charge is 2.12. The molecule has 1 aromatic carbocycles. The monoisotopic (exact) mass is 233 g/mol. The Labute approximate surface area is 102 Å². The Morgan fingerprint density at radius 2 is 2.18 bits per heavy atom. The smallest absolute Gasteiger partial charge is 0.307 e. The van der Waals surface area contributed by atoms with Gasteiger partial charge in [-0.2, -0.15) is 0 Å². The van der Waals surface area contributed by atoms with Crippen molar-refractivity contribution < 1.29 is 9.53 Å². The summed E-state index contributed by atoms with van der Waals surface area (Å²) in [5.74, 6) is -0.165. The molecule has 1 N–H and O–H groups in total. The minimum absolute atomic E-state index is 0.165. The molecule has 1 aromatic rings. The quantitative estimate of drug-likeness (QED) is 0.812. The minimum atomic E-state index is -0.165. The number of nitrogens with one attached hydrogen (secondary N) is 1. The molecular weight excluding hydrogens is 214 g/mol. The molecule has 0 saturated heterocycles. The van der Waals surface area contributed by atoms with Crippen LogP contribution in [0.5, 0.6) is 0 Å². The molecule has 0 aromatic heterocycles. The van der Waals surface area contributed by atoms with Crippen molar-refractivity contribution in [2.75, 3.05) is 19.0 Å². The third kappa shape index (κ3) is 2.99. The van der Waals surface area contributed by atoms with Crippen molar-refractivity contribution in [1.82, 2.24) is 0 Å². The topological polar surface area (TPSA) is 38.3 Å². The Hall–Kier alpha value is -1.51. The van der Waals surface area contributed by atoms with Crippen LogP contribution in [0.2, 0.25) is 0 Å². The van der Waals surface area contributed by atoms with E-state index in [1.807, 2.05) is 0 Å². The van der Waals surface area contributed by atoms with Crippen LogP contribution in [-0.4, -0.2) is 19.6 Å². The molecule has 0 heterocycles. The first kappa shape index (κ1) is 12.0. The van der Waals surface area contributed by atoms with Crippen molar-refractivity contribution in [3.63, 3.8) is 0 Å². The van der Waals surface area contributed by atoms with Gasteiger partial charge in [0.05, 0.1) is 13.5 Å². The van der Waals surface area contributed by atoms with E-state index in [4.69, 9.17) is 0 Å². The van der Waals surface area contributed by atoms with E-state index in [-0.39, 0.29) is 5.97 Å². The Bertz CT molecular complexity index is 401.